The minimum absolute atomic E-state index is 0. The summed E-state index contributed by atoms with van der Waals surface area (Å²) in [5, 5.41) is 7.57. The molecule has 0 aliphatic carbocycles. The number of hydrogen-bond donors (Lipinski definition) is 2. The van der Waals surface area contributed by atoms with Crippen molar-refractivity contribution in [2.45, 2.75) is 102 Å². The van der Waals surface area contributed by atoms with E-state index in [0.717, 1.165) is 136 Å². The number of aliphatic hydroxyl groups is 1. The van der Waals surface area contributed by atoms with E-state index < -0.39 is 5.82 Å². The van der Waals surface area contributed by atoms with Gasteiger partial charge in [0, 0.05) is 60.7 Å². The fraction of sp³-hybridized carbons (Fsp3) is 0.431. The number of methoxy groups -OCH3 is 2. The highest BCUT2D eigenvalue weighted by atomic mass is 127. The molecule has 0 spiro atoms. The summed E-state index contributed by atoms with van der Waals surface area (Å²) in [5.41, 5.74) is 7.25. The van der Waals surface area contributed by atoms with Gasteiger partial charge in [0.15, 0.2) is 5.69 Å². The first kappa shape index (κ1) is 57.6. The van der Waals surface area contributed by atoms with Crippen molar-refractivity contribution in [3.8, 4) is 5.88 Å². The van der Waals surface area contributed by atoms with Crippen LogP contribution in [0.25, 0.3) is 26.9 Å². The van der Waals surface area contributed by atoms with Gasteiger partial charge in [0.2, 0.25) is 11.4 Å². The van der Waals surface area contributed by atoms with E-state index in [1.54, 1.807) is 43.3 Å². The van der Waals surface area contributed by atoms with Crippen molar-refractivity contribution >= 4 is 39.7 Å². The molecule has 8 heterocycles. The fourth-order valence-electron chi connectivity index (χ4n) is 10.3. The number of carbonyl (C=O) groups is 2. The number of piperidine rings is 2. The Morgan fingerprint density at radius 2 is 1.26 bits per heavy atom. The van der Waals surface area contributed by atoms with Gasteiger partial charge in [-0.25, -0.2) is 33.8 Å². The Balaban J connectivity index is 0.000000200. The number of aromatic nitrogens is 6. The zero-order chi connectivity index (χ0) is 53.8. The molecule has 20 heteroatoms. The molecule has 0 bridgehead atoms. The summed E-state index contributed by atoms with van der Waals surface area (Å²) in [6, 6.07) is 26.5. The van der Waals surface area contributed by atoms with Crippen LogP contribution in [0.1, 0.15) is 107 Å². The third kappa shape index (κ3) is 14.2. The van der Waals surface area contributed by atoms with Gasteiger partial charge in [-0.15, -0.1) is 0 Å². The highest BCUT2D eigenvalue weighted by molar-refractivity contribution is 5.94. The molecule has 412 valence electrons. The molecule has 11 rings (SSSR count). The molecule has 0 unspecified atom stereocenters. The van der Waals surface area contributed by atoms with Crippen LogP contribution in [0.2, 0.25) is 0 Å². The molecule has 2 atom stereocenters. The van der Waals surface area contributed by atoms with E-state index in [1.165, 1.54) is 20.3 Å². The maximum absolute atomic E-state index is 14.3. The average molecular weight is 1180 g/mol. The van der Waals surface area contributed by atoms with Crippen molar-refractivity contribution in [2.75, 3.05) is 60.2 Å². The maximum atomic E-state index is 14.3. The molecule has 2 N–H and O–H groups in total. The molecule has 18 nitrogen and oxygen atoms in total. The van der Waals surface area contributed by atoms with E-state index in [-0.39, 0.29) is 72.6 Å². The average Bonchev–Trinajstić information content (AvgIpc) is 4.02. The number of aliphatic hydroxyl groups excluding tert-OH is 1. The number of pyridine rings is 2. The lowest BCUT2D eigenvalue weighted by molar-refractivity contribution is -0.0593. The zero-order valence-corrected chi connectivity index (χ0v) is 46.4. The van der Waals surface area contributed by atoms with Crippen molar-refractivity contribution in [1.82, 2.24) is 38.9 Å². The summed E-state index contributed by atoms with van der Waals surface area (Å²) in [7, 11) is 2.78. The van der Waals surface area contributed by atoms with E-state index in [0.29, 0.717) is 47.5 Å². The van der Waals surface area contributed by atoms with Crippen LogP contribution in [-0.4, -0.2) is 128 Å². The number of hydrogen-bond acceptors (Lipinski definition) is 14. The normalized spacial score (nSPS) is 17.7. The van der Waals surface area contributed by atoms with Gasteiger partial charge >= 0.3 is 11.9 Å². The number of halogens is 2. The smallest absolute Gasteiger partial charge is 0.337 e. The van der Waals surface area contributed by atoms with Gasteiger partial charge in [-0.05, 0) is 126 Å². The van der Waals surface area contributed by atoms with Crippen LogP contribution in [0, 0.1) is 12.4 Å². The molecule has 78 heavy (non-hydrogen) atoms. The first-order valence-electron chi connectivity index (χ1n) is 26.4. The first-order chi connectivity index (χ1) is 37.5. The van der Waals surface area contributed by atoms with Gasteiger partial charge in [0.25, 0.3) is 0 Å². The Labute approximate surface area is 469 Å². The maximum Gasteiger partial charge on any atom is 0.337 e. The lowest BCUT2D eigenvalue weighted by atomic mass is 9.93. The number of carbonyl (C=O) groups excluding carboxylic acids is 2. The molecule has 4 aliphatic rings. The van der Waals surface area contributed by atoms with Gasteiger partial charge in [-0.2, -0.15) is 0 Å². The Hall–Kier alpha value is -6.61. The van der Waals surface area contributed by atoms with Gasteiger partial charge in [0.1, 0.15) is 24.1 Å². The molecule has 4 saturated heterocycles. The van der Waals surface area contributed by atoms with Crippen LogP contribution in [0.3, 0.4) is 0 Å². The number of imidazole rings is 2. The van der Waals surface area contributed by atoms with Crippen molar-refractivity contribution in [3.63, 3.8) is 0 Å². The van der Waals surface area contributed by atoms with E-state index in [4.69, 9.17) is 50.3 Å². The first-order valence-corrected chi connectivity index (χ1v) is 26.4. The molecular weight excluding hydrogens is 1110 g/mol. The molecule has 0 radical (unpaired) electrons. The summed E-state index contributed by atoms with van der Waals surface area (Å²) in [6.45, 7) is 17.1. The molecule has 4 aromatic heterocycles. The molecule has 4 fully saturated rings. The monoisotopic (exact) mass is 1180 g/mol. The predicted octanol–water partition coefficient (Wildman–Crippen LogP) is 5.34. The number of rotatable bonds is 15. The summed E-state index contributed by atoms with van der Waals surface area (Å²) in [4.78, 5) is 61.5. The fourth-order valence-corrected chi connectivity index (χ4v) is 10.3. The molecule has 4 aliphatic heterocycles. The summed E-state index contributed by atoms with van der Waals surface area (Å²) >= 11 is 0. The van der Waals surface area contributed by atoms with Crippen LogP contribution >= 0.6 is 0 Å². The van der Waals surface area contributed by atoms with Crippen LogP contribution in [0.15, 0.2) is 95.8 Å². The number of fused-ring (bicyclic) bond motifs is 2. The number of ether oxygens (including phenoxy) is 5. The minimum Gasteiger partial charge on any atom is -1.00 e. The standard InChI is InChI=1S/C32H32FN5O4.C24H28N4O4.C2H6O.HI/c1-34-24-8-6-23(26(33)17-24)20-42-31-5-3-4-27(36-31)21-10-13-37(14-11-21)19-30-35-28-9-7-22(32(39)40-2)16-29(28)38(30)18-25-12-15-41-25;1-31-24(30)17-5-6-20-21(13-17)28(14-18-9-12-32-18)22(25-20)15-27-10-7-16(8-11-27)19-3-2-4-23(29)26-19;1-2-3;/h3-9,16-17,21,25H,10-15,18-20H2,2H3;2-6,13,16,18H,7-12,14-15H2,1H3,(H,26,29);3H,2H2,1H3;1H/p-1/t25-;18-;;/m00../s1. The van der Waals surface area contributed by atoms with Crippen LogP contribution in [0.4, 0.5) is 10.1 Å². The lowest BCUT2D eigenvalue weighted by Gasteiger charge is -2.32. The third-order valence-electron chi connectivity index (χ3n) is 14.7. The molecule has 3 aromatic carbocycles. The molecule has 7 aromatic rings. The van der Waals surface area contributed by atoms with Crippen LogP contribution < -0.4 is 34.3 Å². The van der Waals surface area contributed by atoms with Crippen molar-refractivity contribution < 1.29 is 66.7 Å². The minimum atomic E-state index is -0.454. The number of nitrogens with zero attached hydrogens (tertiary/aromatic N) is 8. The number of esters is 2. The Morgan fingerprint density at radius 3 is 1.73 bits per heavy atom. The second-order valence-corrected chi connectivity index (χ2v) is 19.7. The SMILES string of the molecule is CCO.COC(=O)c1ccc2nc(CN3CCC(c4cccc(=O)[nH]4)CC3)n(C[C@@H]3CCO3)c2c1.[C-]#[N+]c1ccc(COc2cccc(C3CCN(Cc4nc5ccc(C(=O)OC)cc5n4C[C@@H]4CCO4)CC3)n2)c(F)c1.[I-]. The van der Waals surface area contributed by atoms with E-state index in [2.05, 4.69) is 28.8 Å². The Bertz CT molecular complexity index is 3260. The van der Waals surface area contributed by atoms with Crippen LogP contribution in [0.5, 0.6) is 5.88 Å². The second-order valence-electron chi connectivity index (χ2n) is 19.7. The van der Waals surface area contributed by atoms with Crippen molar-refractivity contribution in [2.24, 2.45) is 0 Å². The summed E-state index contributed by atoms with van der Waals surface area (Å²) in [5.74, 6) is 1.93. The van der Waals surface area contributed by atoms with Gasteiger partial charge in [-0.3, -0.25) is 14.6 Å². The topological polar surface area (TPSA) is 193 Å². The predicted molar refractivity (Wildman–Crippen MR) is 286 cm³/mol. The molecular formula is C58H66FIN9O9-. The van der Waals surface area contributed by atoms with E-state index in [1.807, 2.05) is 48.5 Å². The lowest BCUT2D eigenvalue weighted by Crippen LogP contribution is -3.00. The Kier molecular flexibility index (Phi) is 20.2. The quantitative estimate of drug-likeness (QED) is 0.0760. The van der Waals surface area contributed by atoms with E-state index >= 15 is 0 Å². The second kappa shape index (κ2) is 27.3. The van der Waals surface area contributed by atoms with Gasteiger partial charge in [-0.1, -0.05) is 24.3 Å². The highest BCUT2D eigenvalue weighted by Gasteiger charge is 2.28. The van der Waals surface area contributed by atoms with Crippen molar-refractivity contribution in [3.05, 3.63) is 158 Å². The van der Waals surface area contributed by atoms with E-state index in [9.17, 15) is 18.8 Å². The zero-order valence-electron chi connectivity index (χ0n) is 44.2. The third-order valence-corrected chi connectivity index (χ3v) is 14.7. The van der Waals surface area contributed by atoms with Gasteiger partial charge < -0.3 is 66.9 Å². The highest BCUT2D eigenvalue weighted by Crippen LogP contribution is 2.32. The molecule has 0 saturated carbocycles. The number of H-pyrrole nitrogens is 1. The number of aromatic amines is 1. The van der Waals surface area contributed by atoms with Crippen molar-refractivity contribution in [1.29, 1.82) is 0 Å². The Morgan fingerprint density at radius 1 is 0.731 bits per heavy atom. The number of benzene rings is 3. The largest absolute Gasteiger partial charge is 1.00 e. The van der Waals surface area contributed by atoms with Crippen LogP contribution in [-0.2, 0) is 51.7 Å². The molecule has 0 amide bonds. The number of nitrogens with one attached hydrogen (secondary N) is 1. The summed E-state index contributed by atoms with van der Waals surface area (Å²) < 4.78 is 45.7. The number of likely N-dealkylation sites (tertiary alicyclic amines) is 2. The van der Waals surface area contributed by atoms with Gasteiger partial charge in [0.05, 0.1) is 92.4 Å². The summed E-state index contributed by atoms with van der Waals surface area (Å²) in [6.07, 6.45) is 6.29.